The van der Waals surface area contributed by atoms with Gasteiger partial charge in [-0.25, -0.2) is 0 Å². The van der Waals surface area contributed by atoms with E-state index in [1.807, 2.05) is 24.1 Å². The van der Waals surface area contributed by atoms with E-state index >= 15 is 0 Å². The summed E-state index contributed by atoms with van der Waals surface area (Å²) in [5.41, 5.74) is 3.68. The summed E-state index contributed by atoms with van der Waals surface area (Å²) in [7, 11) is 1.91. The molecule has 0 saturated heterocycles. The summed E-state index contributed by atoms with van der Waals surface area (Å²) >= 11 is 0. The van der Waals surface area contributed by atoms with Crippen molar-refractivity contribution >= 4 is 5.91 Å². The average molecular weight is 352 g/mol. The maximum Gasteiger partial charge on any atom is 0.240 e. The Labute approximate surface area is 156 Å². The number of phenols is 1. The molecule has 0 spiro atoms. The second-order valence-corrected chi connectivity index (χ2v) is 7.17. The van der Waals surface area contributed by atoms with Crippen LogP contribution in [0.5, 0.6) is 5.75 Å². The van der Waals surface area contributed by atoms with Crippen LogP contribution in [0.1, 0.15) is 36.5 Å². The molecule has 138 valence electrons. The number of carbonyl (C=O) groups is 1. The minimum atomic E-state index is -0.138. The van der Waals surface area contributed by atoms with Gasteiger partial charge in [0, 0.05) is 26.7 Å². The summed E-state index contributed by atoms with van der Waals surface area (Å²) in [5.74, 6) is 0.469. The zero-order chi connectivity index (χ0) is 18.5. The summed E-state index contributed by atoms with van der Waals surface area (Å²) in [6.45, 7) is 4.43. The van der Waals surface area contributed by atoms with Crippen molar-refractivity contribution in [1.29, 1.82) is 0 Å². The molecule has 26 heavy (non-hydrogen) atoms. The standard InChI is InChI=1S/C22H28N2O2/c1-3-4-13-23(2)22(26)21-14-18-7-5-6-8-19(18)16-24(21)15-17-9-11-20(25)12-10-17/h5-12,21,25H,3-4,13-16H2,1-2H3. The molecule has 0 bridgehead atoms. The van der Waals surface area contributed by atoms with Gasteiger partial charge in [0.2, 0.25) is 5.91 Å². The Kier molecular flexibility index (Phi) is 5.94. The molecule has 0 saturated carbocycles. The highest BCUT2D eigenvalue weighted by Crippen LogP contribution is 2.26. The molecule has 1 amide bonds. The van der Waals surface area contributed by atoms with Gasteiger partial charge in [0.15, 0.2) is 0 Å². The van der Waals surface area contributed by atoms with E-state index in [0.29, 0.717) is 6.54 Å². The second-order valence-electron chi connectivity index (χ2n) is 7.17. The molecule has 1 unspecified atom stereocenters. The number of carbonyl (C=O) groups excluding carboxylic acids is 1. The van der Waals surface area contributed by atoms with E-state index in [2.05, 4.69) is 36.1 Å². The number of fused-ring (bicyclic) bond motifs is 1. The van der Waals surface area contributed by atoms with Crippen LogP contribution in [0.15, 0.2) is 48.5 Å². The monoisotopic (exact) mass is 352 g/mol. The summed E-state index contributed by atoms with van der Waals surface area (Å²) in [6.07, 6.45) is 2.87. The van der Waals surface area contributed by atoms with Crippen molar-refractivity contribution in [2.24, 2.45) is 0 Å². The zero-order valence-electron chi connectivity index (χ0n) is 15.7. The van der Waals surface area contributed by atoms with Crippen LogP contribution in [0.25, 0.3) is 0 Å². The predicted octanol–water partition coefficient (Wildman–Crippen LogP) is 3.58. The highest BCUT2D eigenvalue weighted by Gasteiger charge is 2.32. The fourth-order valence-corrected chi connectivity index (χ4v) is 3.58. The summed E-state index contributed by atoms with van der Waals surface area (Å²) in [6, 6.07) is 15.5. The molecule has 0 aromatic heterocycles. The fourth-order valence-electron chi connectivity index (χ4n) is 3.58. The normalized spacial score (nSPS) is 16.9. The molecule has 2 aromatic rings. The quantitative estimate of drug-likeness (QED) is 0.864. The first-order valence-electron chi connectivity index (χ1n) is 9.42. The molecule has 0 aliphatic carbocycles. The van der Waals surface area contributed by atoms with Gasteiger partial charge in [0.1, 0.15) is 5.75 Å². The molecule has 1 heterocycles. The Morgan fingerprint density at radius 1 is 1.15 bits per heavy atom. The van der Waals surface area contributed by atoms with Crippen molar-refractivity contribution in [1.82, 2.24) is 9.80 Å². The lowest BCUT2D eigenvalue weighted by molar-refractivity contribution is -0.136. The molecule has 0 fully saturated rings. The predicted molar refractivity (Wildman–Crippen MR) is 104 cm³/mol. The minimum Gasteiger partial charge on any atom is -0.508 e. The van der Waals surface area contributed by atoms with Crippen molar-refractivity contribution in [2.75, 3.05) is 13.6 Å². The molecule has 4 nitrogen and oxygen atoms in total. The first-order chi connectivity index (χ1) is 12.6. The van der Waals surface area contributed by atoms with Crippen LogP contribution in [-0.4, -0.2) is 40.4 Å². The Bertz CT molecular complexity index is 742. The van der Waals surface area contributed by atoms with E-state index in [4.69, 9.17) is 0 Å². The number of benzene rings is 2. The van der Waals surface area contributed by atoms with Crippen LogP contribution in [0, 0.1) is 0 Å². The Morgan fingerprint density at radius 3 is 2.54 bits per heavy atom. The van der Waals surface area contributed by atoms with E-state index in [-0.39, 0.29) is 17.7 Å². The number of phenolic OH excluding ortho intramolecular Hbond substituents is 1. The maximum atomic E-state index is 13.1. The van der Waals surface area contributed by atoms with Gasteiger partial charge in [0.05, 0.1) is 6.04 Å². The van der Waals surface area contributed by atoms with Crippen LogP contribution < -0.4 is 0 Å². The Balaban J connectivity index is 1.82. The number of unbranched alkanes of at least 4 members (excludes halogenated alkanes) is 1. The molecule has 3 rings (SSSR count). The van der Waals surface area contributed by atoms with E-state index < -0.39 is 0 Å². The SMILES string of the molecule is CCCCN(C)C(=O)C1Cc2ccccc2CN1Cc1ccc(O)cc1. The van der Waals surface area contributed by atoms with E-state index in [0.717, 1.165) is 37.9 Å². The van der Waals surface area contributed by atoms with E-state index in [1.165, 1.54) is 11.1 Å². The Hall–Kier alpha value is -2.33. The maximum absolute atomic E-state index is 13.1. The number of amides is 1. The fraction of sp³-hybridized carbons (Fsp3) is 0.409. The smallest absolute Gasteiger partial charge is 0.240 e. The van der Waals surface area contributed by atoms with Crippen molar-refractivity contribution in [3.8, 4) is 5.75 Å². The first-order valence-corrected chi connectivity index (χ1v) is 9.42. The van der Waals surface area contributed by atoms with Crippen LogP contribution >= 0.6 is 0 Å². The highest BCUT2D eigenvalue weighted by molar-refractivity contribution is 5.82. The van der Waals surface area contributed by atoms with Crippen LogP contribution in [-0.2, 0) is 24.3 Å². The lowest BCUT2D eigenvalue weighted by Crippen LogP contribution is -2.50. The highest BCUT2D eigenvalue weighted by atomic mass is 16.3. The van der Waals surface area contributed by atoms with Crippen molar-refractivity contribution in [3.63, 3.8) is 0 Å². The molecule has 0 radical (unpaired) electrons. The van der Waals surface area contributed by atoms with Gasteiger partial charge >= 0.3 is 0 Å². The van der Waals surface area contributed by atoms with Gasteiger partial charge in [-0.2, -0.15) is 0 Å². The van der Waals surface area contributed by atoms with Crippen LogP contribution in [0.3, 0.4) is 0 Å². The number of hydrogen-bond donors (Lipinski definition) is 1. The van der Waals surface area contributed by atoms with Crippen molar-refractivity contribution in [2.45, 2.75) is 45.3 Å². The van der Waals surface area contributed by atoms with Gasteiger partial charge in [-0.15, -0.1) is 0 Å². The molecule has 4 heteroatoms. The van der Waals surface area contributed by atoms with Gasteiger partial charge < -0.3 is 10.0 Å². The molecular formula is C22H28N2O2. The lowest BCUT2D eigenvalue weighted by Gasteiger charge is -2.38. The molecule has 1 atom stereocenters. The number of likely N-dealkylation sites (N-methyl/N-ethyl adjacent to an activating group) is 1. The van der Waals surface area contributed by atoms with Gasteiger partial charge in [-0.05, 0) is 41.7 Å². The number of rotatable bonds is 6. The van der Waals surface area contributed by atoms with E-state index in [9.17, 15) is 9.90 Å². The third-order valence-electron chi connectivity index (χ3n) is 5.18. The zero-order valence-corrected chi connectivity index (χ0v) is 15.7. The van der Waals surface area contributed by atoms with Crippen molar-refractivity contribution < 1.29 is 9.90 Å². The number of hydrogen-bond acceptors (Lipinski definition) is 3. The largest absolute Gasteiger partial charge is 0.508 e. The molecule has 1 aliphatic heterocycles. The first kappa shape index (κ1) is 18.5. The molecule has 2 aromatic carbocycles. The minimum absolute atomic E-state index is 0.138. The van der Waals surface area contributed by atoms with Gasteiger partial charge in [0.25, 0.3) is 0 Å². The van der Waals surface area contributed by atoms with Crippen molar-refractivity contribution in [3.05, 3.63) is 65.2 Å². The molecule has 1 N–H and O–H groups in total. The molecule has 1 aliphatic rings. The van der Waals surface area contributed by atoms with E-state index in [1.54, 1.807) is 12.1 Å². The summed E-state index contributed by atoms with van der Waals surface area (Å²) in [5, 5.41) is 9.51. The van der Waals surface area contributed by atoms with Gasteiger partial charge in [-0.1, -0.05) is 49.7 Å². The summed E-state index contributed by atoms with van der Waals surface area (Å²) in [4.78, 5) is 17.3. The summed E-state index contributed by atoms with van der Waals surface area (Å²) < 4.78 is 0. The second kappa shape index (κ2) is 8.37. The third-order valence-corrected chi connectivity index (χ3v) is 5.18. The Morgan fingerprint density at radius 2 is 1.85 bits per heavy atom. The number of aromatic hydroxyl groups is 1. The van der Waals surface area contributed by atoms with Crippen LogP contribution in [0.4, 0.5) is 0 Å². The average Bonchev–Trinajstić information content (AvgIpc) is 2.66. The number of nitrogens with zero attached hydrogens (tertiary/aromatic N) is 2. The van der Waals surface area contributed by atoms with Crippen LogP contribution in [0.2, 0.25) is 0 Å². The third kappa shape index (κ3) is 4.25. The lowest BCUT2D eigenvalue weighted by atomic mass is 9.92. The molecular weight excluding hydrogens is 324 g/mol. The topological polar surface area (TPSA) is 43.8 Å². The van der Waals surface area contributed by atoms with Gasteiger partial charge in [-0.3, -0.25) is 9.69 Å².